The lowest BCUT2D eigenvalue weighted by molar-refractivity contribution is 0.152. The Morgan fingerprint density at radius 3 is 2.68 bits per heavy atom. The summed E-state index contributed by atoms with van der Waals surface area (Å²) >= 11 is 1.71. The Labute approximate surface area is 119 Å². The summed E-state index contributed by atoms with van der Waals surface area (Å²) in [4.78, 5) is 10.2. The maximum absolute atomic E-state index is 5.29. The molecular weight excluding hydrogens is 260 g/mol. The van der Waals surface area contributed by atoms with E-state index in [1.165, 1.54) is 4.88 Å². The highest BCUT2D eigenvalue weighted by molar-refractivity contribution is 7.11. The zero-order valence-corrected chi connectivity index (χ0v) is 13.1. The molecule has 0 amide bonds. The second kappa shape index (κ2) is 8.87. The van der Waals surface area contributed by atoms with Crippen molar-refractivity contribution in [2.24, 2.45) is 4.99 Å². The third-order valence-corrected chi connectivity index (χ3v) is 3.53. The fourth-order valence-corrected chi connectivity index (χ4v) is 2.46. The third kappa shape index (κ3) is 6.02. The molecule has 1 aromatic heterocycles. The Hall–Kier alpha value is -1.14. The molecule has 108 valence electrons. The number of nitrogens with zero attached hydrogens (tertiary/aromatic N) is 2. The molecule has 0 aliphatic rings. The summed E-state index contributed by atoms with van der Waals surface area (Å²) in [7, 11) is 0. The van der Waals surface area contributed by atoms with Crippen molar-refractivity contribution in [3.63, 3.8) is 0 Å². The normalized spacial score (nSPS) is 11.7. The van der Waals surface area contributed by atoms with Crippen LogP contribution in [-0.2, 0) is 11.3 Å². The number of aryl methyl sites for hydroxylation is 2. The van der Waals surface area contributed by atoms with Crippen LogP contribution in [0, 0.1) is 13.8 Å². The molecule has 0 radical (unpaired) electrons. The molecular formula is C13H24N4OS. The van der Waals surface area contributed by atoms with Crippen molar-refractivity contribution < 1.29 is 4.74 Å². The predicted octanol–water partition coefficient (Wildman–Crippen LogP) is 1.85. The van der Waals surface area contributed by atoms with E-state index in [1.807, 2.05) is 20.8 Å². The first-order valence-electron chi connectivity index (χ1n) is 6.70. The van der Waals surface area contributed by atoms with Gasteiger partial charge in [-0.25, -0.2) is 9.98 Å². The second-order valence-electron chi connectivity index (χ2n) is 4.06. The van der Waals surface area contributed by atoms with E-state index in [0.717, 1.165) is 36.4 Å². The number of hydrogen-bond donors (Lipinski definition) is 2. The summed E-state index contributed by atoms with van der Waals surface area (Å²) in [5.41, 5.74) is 1.08. The lowest BCUT2D eigenvalue weighted by atomic mass is 10.4. The lowest BCUT2D eigenvalue weighted by Crippen LogP contribution is -2.38. The van der Waals surface area contributed by atoms with E-state index in [9.17, 15) is 0 Å². The van der Waals surface area contributed by atoms with Crippen molar-refractivity contribution in [1.82, 2.24) is 15.6 Å². The summed E-state index contributed by atoms with van der Waals surface area (Å²) < 4.78 is 5.29. The number of thiazole rings is 1. The summed E-state index contributed by atoms with van der Waals surface area (Å²) in [5, 5.41) is 7.57. The summed E-state index contributed by atoms with van der Waals surface area (Å²) in [6, 6.07) is 0. The van der Waals surface area contributed by atoms with Crippen molar-refractivity contribution in [3.05, 3.63) is 15.6 Å². The predicted molar refractivity (Wildman–Crippen MR) is 80.9 cm³/mol. The molecule has 5 nitrogen and oxygen atoms in total. The van der Waals surface area contributed by atoms with Gasteiger partial charge in [-0.3, -0.25) is 0 Å². The van der Waals surface area contributed by atoms with E-state index in [1.54, 1.807) is 11.3 Å². The van der Waals surface area contributed by atoms with Gasteiger partial charge in [-0.05, 0) is 27.7 Å². The monoisotopic (exact) mass is 284 g/mol. The molecule has 0 atom stereocenters. The molecule has 1 aromatic rings. The standard InChI is InChI=1S/C13H24N4OS/c1-5-14-13(15-7-8-18-6-2)16-9-12-10(3)17-11(4)19-12/h5-9H2,1-4H3,(H2,14,15,16). The molecule has 0 unspecified atom stereocenters. The van der Waals surface area contributed by atoms with Crippen LogP contribution in [0.2, 0.25) is 0 Å². The van der Waals surface area contributed by atoms with Crippen LogP contribution < -0.4 is 10.6 Å². The van der Waals surface area contributed by atoms with Crippen LogP contribution in [-0.4, -0.2) is 37.2 Å². The van der Waals surface area contributed by atoms with Gasteiger partial charge < -0.3 is 15.4 Å². The van der Waals surface area contributed by atoms with Gasteiger partial charge in [0.2, 0.25) is 0 Å². The molecule has 19 heavy (non-hydrogen) atoms. The largest absolute Gasteiger partial charge is 0.380 e. The van der Waals surface area contributed by atoms with Gasteiger partial charge in [-0.15, -0.1) is 11.3 Å². The summed E-state index contributed by atoms with van der Waals surface area (Å²) in [6.45, 7) is 11.8. The molecule has 0 fully saturated rings. The maximum Gasteiger partial charge on any atom is 0.191 e. The van der Waals surface area contributed by atoms with Crippen LogP contribution in [0.3, 0.4) is 0 Å². The van der Waals surface area contributed by atoms with Crippen LogP contribution in [0.1, 0.15) is 29.4 Å². The molecule has 6 heteroatoms. The van der Waals surface area contributed by atoms with Gasteiger partial charge in [0.15, 0.2) is 5.96 Å². The minimum absolute atomic E-state index is 0.668. The lowest BCUT2D eigenvalue weighted by Gasteiger charge is -2.10. The van der Waals surface area contributed by atoms with Gasteiger partial charge >= 0.3 is 0 Å². The number of nitrogens with one attached hydrogen (secondary N) is 2. The van der Waals surface area contributed by atoms with E-state index in [0.29, 0.717) is 13.2 Å². The highest BCUT2D eigenvalue weighted by atomic mass is 32.1. The fraction of sp³-hybridized carbons (Fsp3) is 0.692. The number of aromatic nitrogens is 1. The van der Waals surface area contributed by atoms with Crippen LogP contribution in [0.15, 0.2) is 4.99 Å². The van der Waals surface area contributed by atoms with Crippen molar-refractivity contribution >= 4 is 17.3 Å². The summed E-state index contributed by atoms with van der Waals surface area (Å²) in [5.74, 6) is 0.827. The first-order chi connectivity index (χ1) is 9.17. The van der Waals surface area contributed by atoms with E-state index in [4.69, 9.17) is 4.74 Å². The molecule has 1 rings (SSSR count). The Bertz CT molecular complexity index is 403. The Balaban J connectivity index is 2.50. The Morgan fingerprint density at radius 2 is 2.11 bits per heavy atom. The minimum Gasteiger partial charge on any atom is -0.380 e. The molecule has 0 saturated heterocycles. The van der Waals surface area contributed by atoms with Crippen molar-refractivity contribution in [3.8, 4) is 0 Å². The molecule has 2 N–H and O–H groups in total. The van der Waals surface area contributed by atoms with Crippen LogP contribution in [0.25, 0.3) is 0 Å². The maximum atomic E-state index is 5.29. The molecule has 0 aliphatic carbocycles. The topological polar surface area (TPSA) is 58.5 Å². The minimum atomic E-state index is 0.668. The smallest absolute Gasteiger partial charge is 0.191 e. The number of rotatable bonds is 7. The van der Waals surface area contributed by atoms with Gasteiger partial charge in [-0.2, -0.15) is 0 Å². The van der Waals surface area contributed by atoms with Crippen LogP contribution in [0.4, 0.5) is 0 Å². The quantitative estimate of drug-likeness (QED) is 0.456. The van der Waals surface area contributed by atoms with Gasteiger partial charge in [0, 0.05) is 24.6 Å². The third-order valence-electron chi connectivity index (χ3n) is 2.47. The van der Waals surface area contributed by atoms with Gasteiger partial charge in [-0.1, -0.05) is 0 Å². The second-order valence-corrected chi connectivity index (χ2v) is 5.35. The fourth-order valence-electron chi connectivity index (χ4n) is 1.60. The van der Waals surface area contributed by atoms with E-state index in [-0.39, 0.29) is 0 Å². The number of guanidine groups is 1. The van der Waals surface area contributed by atoms with Crippen molar-refractivity contribution in [2.75, 3.05) is 26.3 Å². The molecule has 0 bridgehead atoms. The average molecular weight is 284 g/mol. The highest BCUT2D eigenvalue weighted by Crippen LogP contribution is 2.17. The van der Waals surface area contributed by atoms with Gasteiger partial charge in [0.25, 0.3) is 0 Å². The highest BCUT2D eigenvalue weighted by Gasteiger charge is 2.04. The van der Waals surface area contributed by atoms with Crippen molar-refractivity contribution in [2.45, 2.75) is 34.2 Å². The van der Waals surface area contributed by atoms with Crippen LogP contribution in [0.5, 0.6) is 0 Å². The molecule has 0 saturated carbocycles. The average Bonchev–Trinajstić information content (AvgIpc) is 2.70. The van der Waals surface area contributed by atoms with Gasteiger partial charge in [0.05, 0.1) is 23.9 Å². The van der Waals surface area contributed by atoms with Crippen LogP contribution >= 0.6 is 11.3 Å². The number of aliphatic imine (C=N–C) groups is 1. The first-order valence-corrected chi connectivity index (χ1v) is 7.51. The first kappa shape index (κ1) is 15.9. The molecule has 0 spiro atoms. The van der Waals surface area contributed by atoms with Crippen molar-refractivity contribution in [1.29, 1.82) is 0 Å². The van der Waals surface area contributed by atoms with Gasteiger partial charge in [0.1, 0.15) is 0 Å². The number of hydrogen-bond acceptors (Lipinski definition) is 4. The Morgan fingerprint density at radius 1 is 1.32 bits per heavy atom. The SMILES string of the molecule is CCNC(=NCc1sc(C)nc1C)NCCOCC. The Kier molecular flexibility index (Phi) is 7.43. The summed E-state index contributed by atoms with van der Waals surface area (Å²) in [6.07, 6.45) is 0. The molecule has 0 aliphatic heterocycles. The van der Waals surface area contributed by atoms with E-state index >= 15 is 0 Å². The van der Waals surface area contributed by atoms with E-state index in [2.05, 4.69) is 27.5 Å². The molecule has 1 heterocycles. The zero-order chi connectivity index (χ0) is 14.1. The number of ether oxygens (including phenoxy) is 1. The molecule has 0 aromatic carbocycles. The zero-order valence-electron chi connectivity index (χ0n) is 12.2. The van der Waals surface area contributed by atoms with E-state index < -0.39 is 0 Å².